The average molecular weight is 399 g/mol. The summed E-state index contributed by atoms with van der Waals surface area (Å²) in [7, 11) is 1.22. The summed E-state index contributed by atoms with van der Waals surface area (Å²) < 4.78 is 9.99. The Kier molecular flexibility index (Phi) is 8.71. The van der Waals surface area contributed by atoms with E-state index >= 15 is 0 Å². The maximum absolute atomic E-state index is 12.8. The fourth-order valence-electron chi connectivity index (χ4n) is 2.94. The number of ether oxygens (including phenoxy) is 2. The second-order valence-electron chi connectivity index (χ2n) is 8.43. The average Bonchev–Trinajstić information content (AvgIpc) is 2.95. The van der Waals surface area contributed by atoms with Gasteiger partial charge in [-0.2, -0.15) is 0 Å². The molecule has 160 valence electrons. The van der Waals surface area contributed by atoms with Gasteiger partial charge in [0.25, 0.3) is 0 Å². The van der Waals surface area contributed by atoms with Crippen LogP contribution in [0, 0.1) is 11.8 Å². The molecule has 1 fully saturated rings. The molecule has 1 aliphatic heterocycles. The van der Waals surface area contributed by atoms with Gasteiger partial charge in [0.2, 0.25) is 11.8 Å². The van der Waals surface area contributed by atoms with E-state index in [-0.39, 0.29) is 24.2 Å². The van der Waals surface area contributed by atoms with Gasteiger partial charge in [-0.05, 0) is 46.0 Å². The van der Waals surface area contributed by atoms with Gasteiger partial charge in [0, 0.05) is 12.5 Å². The Morgan fingerprint density at radius 2 is 1.82 bits per heavy atom. The number of carbonyl (C=O) groups excluding carboxylic acids is 4. The fourth-order valence-corrected chi connectivity index (χ4v) is 2.94. The molecule has 0 aromatic rings. The first-order valence-corrected chi connectivity index (χ1v) is 9.58. The summed E-state index contributed by atoms with van der Waals surface area (Å²) in [4.78, 5) is 48.8. The van der Waals surface area contributed by atoms with Gasteiger partial charge in [-0.3, -0.25) is 9.59 Å². The minimum absolute atomic E-state index is 0.114. The first kappa shape index (κ1) is 23.7. The number of rotatable bonds is 8. The molecule has 0 bridgehead atoms. The number of methoxy groups -OCH3 is 1. The number of hydrogen-bond acceptors (Lipinski definition) is 6. The molecule has 0 radical (unpaired) electrons. The van der Waals surface area contributed by atoms with E-state index in [4.69, 9.17) is 9.47 Å². The highest BCUT2D eigenvalue weighted by molar-refractivity contribution is 5.90. The number of carbonyl (C=O) groups is 4. The van der Waals surface area contributed by atoms with Crippen LogP contribution >= 0.6 is 0 Å². The second kappa shape index (κ2) is 10.3. The predicted octanol–water partition coefficient (Wildman–Crippen LogP) is 1.11. The molecule has 0 aromatic heterocycles. The first-order valence-electron chi connectivity index (χ1n) is 9.58. The normalized spacial score (nSPS) is 18.8. The SMILES string of the molecule is COC(=O)[C@H](C[C@@H]1CCNC1=O)NC(=O)[C@@H](CC(C)C)NC(=O)OC(C)(C)C. The van der Waals surface area contributed by atoms with Gasteiger partial charge in [-0.1, -0.05) is 13.8 Å². The van der Waals surface area contributed by atoms with Crippen molar-refractivity contribution in [2.24, 2.45) is 11.8 Å². The van der Waals surface area contributed by atoms with Crippen LogP contribution in [0.5, 0.6) is 0 Å². The third-order valence-electron chi connectivity index (χ3n) is 4.20. The predicted molar refractivity (Wildman–Crippen MR) is 102 cm³/mol. The third-order valence-corrected chi connectivity index (χ3v) is 4.20. The van der Waals surface area contributed by atoms with E-state index in [0.717, 1.165) is 0 Å². The lowest BCUT2D eigenvalue weighted by Crippen LogP contribution is -2.53. The van der Waals surface area contributed by atoms with Gasteiger partial charge < -0.3 is 25.4 Å². The van der Waals surface area contributed by atoms with Crippen LogP contribution in [0.15, 0.2) is 0 Å². The zero-order valence-corrected chi connectivity index (χ0v) is 17.6. The Labute approximate surface area is 166 Å². The van der Waals surface area contributed by atoms with Gasteiger partial charge >= 0.3 is 12.1 Å². The molecule has 0 aliphatic carbocycles. The minimum Gasteiger partial charge on any atom is -0.467 e. The highest BCUT2D eigenvalue weighted by Gasteiger charge is 2.34. The molecule has 9 nitrogen and oxygen atoms in total. The van der Waals surface area contributed by atoms with Crippen molar-refractivity contribution in [1.82, 2.24) is 16.0 Å². The molecular weight excluding hydrogens is 366 g/mol. The van der Waals surface area contributed by atoms with E-state index in [0.29, 0.717) is 19.4 Å². The van der Waals surface area contributed by atoms with Crippen LogP contribution in [0.1, 0.15) is 53.9 Å². The lowest BCUT2D eigenvalue weighted by molar-refractivity contribution is -0.146. The summed E-state index contributed by atoms with van der Waals surface area (Å²) in [5.74, 6) is -1.55. The lowest BCUT2D eigenvalue weighted by atomic mass is 9.97. The van der Waals surface area contributed by atoms with Crippen LogP contribution in [-0.4, -0.2) is 55.2 Å². The molecule has 1 aliphatic rings. The van der Waals surface area contributed by atoms with Crippen LogP contribution in [0.4, 0.5) is 4.79 Å². The standard InChI is InChI=1S/C19H33N3O6/c1-11(2)9-13(22-18(26)28-19(3,4)5)16(24)21-14(17(25)27-6)10-12-7-8-20-15(12)23/h11-14H,7-10H2,1-6H3,(H,20,23)(H,21,24)(H,22,26)/t12-,13+,14-/m0/s1. The van der Waals surface area contributed by atoms with Crippen molar-refractivity contribution in [2.45, 2.75) is 71.6 Å². The summed E-state index contributed by atoms with van der Waals surface area (Å²) in [5.41, 5.74) is -0.701. The van der Waals surface area contributed by atoms with Crippen LogP contribution < -0.4 is 16.0 Å². The monoisotopic (exact) mass is 399 g/mol. The van der Waals surface area contributed by atoms with Gasteiger partial charge in [0.15, 0.2) is 0 Å². The summed E-state index contributed by atoms with van der Waals surface area (Å²) in [6.45, 7) is 9.55. The van der Waals surface area contributed by atoms with E-state index < -0.39 is 35.7 Å². The zero-order chi connectivity index (χ0) is 21.5. The number of esters is 1. The molecule has 9 heteroatoms. The van der Waals surface area contributed by atoms with E-state index in [1.54, 1.807) is 20.8 Å². The first-order chi connectivity index (χ1) is 12.9. The molecule has 3 N–H and O–H groups in total. The minimum atomic E-state index is -0.971. The van der Waals surface area contributed by atoms with Gasteiger partial charge in [-0.15, -0.1) is 0 Å². The Morgan fingerprint density at radius 1 is 1.18 bits per heavy atom. The van der Waals surface area contributed by atoms with E-state index in [1.165, 1.54) is 7.11 Å². The van der Waals surface area contributed by atoms with E-state index in [9.17, 15) is 19.2 Å². The van der Waals surface area contributed by atoms with Crippen LogP contribution in [0.2, 0.25) is 0 Å². The van der Waals surface area contributed by atoms with Crippen molar-refractivity contribution in [2.75, 3.05) is 13.7 Å². The van der Waals surface area contributed by atoms with Crippen LogP contribution in [-0.2, 0) is 23.9 Å². The molecule has 0 aromatic carbocycles. The van der Waals surface area contributed by atoms with Gasteiger partial charge in [-0.25, -0.2) is 9.59 Å². The smallest absolute Gasteiger partial charge is 0.408 e. The largest absolute Gasteiger partial charge is 0.467 e. The van der Waals surface area contributed by atoms with Crippen LogP contribution in [0.25, 0.3) is 0 Å². The van der Waals surface area contributed by atoms with E-state index in [1.807, 2.05) is 13.8 Å². The van der Waals surface area contributed by atoms with Crippen molar-refractivity contribution < 1.29 is 28.7 Å². The number of hydrogen-bond donors (Lipinski definition) is 3. The van der Waals surface area contributed by atoms with Crippen molar-refractivity contribution in [3.63, 3.8) is 0 Å². The molecule has 3 amide bonds. The second-order valence-corrected chi connectivity index (χ2v) is 8.43. The molecule has 1 rings (SSSR count). The summed E-state index contributed by atoms with van der Waals surface area (Å²) >= 11 is 0. The quantitative estimate of drug-likeness (QED) is 0.526. The number of alkyl carbamates (subject to hydrolysis) is 1. The van der Waals surface area contributed by atoms with Gasteiger partial charge in [0.1, 0.15) is 17.7 Å². The maximum atomic E-state index is 12.8. The molecule has 0 unspecified atom stereocenters. The van der Waals surface area contributed by atoms with Crippen molar-refractivity contribution in [3.8, 4) is 0 Å². The molecular formula is C19H33N3O6. The van der Waals surface area contributed by atoms with Crippen molar-refractivity contribution in [1.29, 1.82) is 0 Å². The maximum Gasteiger partial charge on any atom is 0.408 e. The summed E-state index contributed by atoms with van der Waals surface area (Å²) in [6, 6.07) is -1.85. The fraction of sp³-hybridized carbons (Fsp3) is 0.789. The van der Waals surface area contributed by atoms with Crippen molar-refractivity contribution in [3.05, 3.63) is 0 Å². The number of amides is 3. The Balaban J connectivity index is 2.83. The lowest BCUT2D eigenvalue weighted by Gasteiger charge is -2.26. The molecule has 28 heavy (non-hydrogen) atoms. The molecule has 0 spiro atoms. The highest BCUT2D eigenvalue weighted by atomic mass is 16.6. The molecule has 1 heterocycles. The Hall–Kier alpha value is -2.32. The third kappa shape index (κ3) is 8.14. The van der Waals surface area contributed by atoms with Crippen LogP contribution in [0.3, 0.4) is 0 Å². The zero-order valence-electron chi connectivity index (χ0n) is 17.6. The molecule has 3 atom stereocenters. The van der Waals surface area contributed by atoms with Crippen molar-refractivity contribution >= 4 is 23.9 Å². The van der Waals surface area contributed by atoms with E-state index in [2.05, 4.69) is 16.0 Å². The summed E-state index contributed by atoms with van der Waals surface area (Å²) in [5, 5.41) is 7.89. The topological polar surface area (TPSA) is 123 Å². The molecule has 0 saturated carbocycles. The number of nitrogens with one attached hydrogen (secondary N) is 3. The highest BCUT2D eigenvalue weighted by Crippen LogP contribution is 2.17. The Bertz CT molecular complexity index is 585. The Morgan fingerprint density at radius 3 is 2.29 bits per heavy atom. The van der Waals surface area contributed by atoms with Gasteiger partial charge in [0.05, 0.1) is 7.11 Å². The molecule has 1 saturated heterocycles. The summed E-state index contributed by atoms with van der Waals surface area (Å²) in [6.07, 6.45) is 0.389.